The van der Waals surface area contributed by atoms with Crippen LogP contribution in [0.2, 0.25) is 0 Å². The fourth-order valence-electron chi connectivity index (χ4n) is 3.49. The van der Waals surface area contributed by atoms with Gasteiger partial charge in [-0.25, -0.2) is 0 Å². The van der Waals surface area contributed by atoms with E-state index < -0.39 is 0 Å². The summed E-state index contributed by atoms with van der Waals surface area (Å²) in [5.74, 6) is 0. The molecule has 0 radical (unpaired) electrons. The molecule has 1 atom stereocenters. The highest BCUT2D eigenvalue weighted by molar-refractivity contribution is 5.68. The number of anilines is 2. The zero-order chi connectivity index (χ0) is 16.6. The third-order valence-corrected chi connectivity index (χ3v) is 4.88. The minimum atomic E-state index is 0.203. The zero-order valence-electron chi connectivity index (χ0n) is 15.0. The molecular formula is C21H28N2. The Hall–Kier alpha value is -1.80. The standard InChI is InChI=1S/C21H28N2/c1-21(2,3)16-10-12-17(13-11-16)23-15-14-19(22(4)5)18-8-6-7-9-20(18)23/h6-13,19H,14-15H2,1-5H3. The SMILES string of the molecule is CN(C)C1CCN(c2ccc(C(C)(C)C)cc2)c2ccccc21. The molecule has 0 aromatic heterocycles. The van der Waals surface area contributed by atoms with E-state index in [-0.39, 0.29) is 5.41 Å². The van der Waals surface area contributed by atoms with E-state index in [1.807, 2.05) is 0 Å². The van der Waals surface area contributed by atoms with Crippen molar-refractivity contribution in [2.75, 3.05) is 25.5 Å². The maximum Gasteiger partial charge on any atom is 0.0459 e. The summed E-state index contributed by atoms with van der Waals surface area (Å²) in [6.45, 7) is 7.86. The van der Waals surface area contributed by atoms with Crippen LogP contribution < -0.4 is 4.90 Å². The highest BCUT2D eigenvalue weighted by atomic mass is 15.2. The van der Waals surface area contributed by atoms with Crippen molar-refractivity contribution in [3.63, 3.8) is 0 Å². The Bertz CT molecular complexity index is 665. The van der Waals surface area contributed by atoms with Crippen LogP contribution in [-0.4, -0.2) is 25.5 Å². The summed E-state index contributed by atoms with van der Waals surface area (Å²) >= 11 is 0. The van der Waals surface area contributed by atoms with E-state index in [9.17, 15) is 0 Å². The summed E-state index contributed by atoms with van der Waals surface area (Å²) < 4.78 is 0. The van der Waals surface area contributed by atoms with Gasteiger partial charge in [-0.2, -0.15) is 0 Å². The van der Waals surface area contributed by atoms with E-state index in [0.717, 1.165) is 13.0 Å². The van der Waals surface area contributed by atoms with E-state index in [2.05, 4.69) is 93.2 Å². The number of fused-ring (bicyclic) bond motifs is 1. The van der Waals surface area contributed by atoms with Gasteiger partial charge in [0.2, 0.25) is 0 Å². The smallest absolute Gasteiger partial charge is 0.0459 e. The number of benzene rings is 2. The first kappa shape index (κ1) is 16.1. The molecule has 0 saturated heterocycles. The predicted octanol–water partition coefficient (Wildman–Crippen LogP) is 5.13. The van der Waals surface area contributed by atoms with E-state index in [1.165, 1.54) is 22.5 Å². The van der Waals surface area contributed by atoms with Crippen molar-refractivity contribution in [2.24, 2.45) is 0 Å². The molecule has 2 aromatic carbocycles. The first-order chi connectivity index (χ1) is 10.9. The second kappa shape index (κ2) is 6.01. The van der Waals surface area contributed by atoms with Crippen molar-refractivity contribution in [1.29, 1.82) is 0 Å². The third-order valence-electron chi connectivity index (χ3n) is 4.88. The highest BCUT2D eigenvalue weighted by Gasteiger charge is 2.27. The van der Waals surface area contributed by atoms with Gasteiger partial charge in [0.1, 0.15) is 0 Å². The lowest BCUT2D eigenvalue weighted by Crippen LogP contribution is -2.32. The minimum Gasteiger partial charge on any atom is -0.341 e. The van der Waals surface area contributed by atoms with Gasteiger partial charge in [-0.3, -0.25) is 0 Å². The average Bonchev–Trinajstić information content (AvgIpc) is 2.53. The van der Waals surface area contributed by atoms with Crippen LogP contribution in [0.25, 0.3) is 0 Å². The number of hydrogen-bond acceptors (Lipinski definition) is 2. The molecule has 0 fully saturated rings. The number of nitrogens with zero attached hydrogens (tertiary/aromatic N) is 2. The van der Waals surface area contributed by atoms with Crippen LogP contribution in [0.5, 0.6) is 0 Å². The zero-order valence-corrected chi connectivity index (χ0v) is 15.0. The van der Waals surface area contributed by atoms with Crippen molar-refractivity contribution in [1.82, 2.24) is 4.90 Å². The van der Waals surface area contributed by atoms with E-state index >= 15 is 0 Å². The molecule has 2 nitrogen and oxygen atoms in total. The van der Waals surface area contributed by atoms with E-state index in [4.69, 9.17) is 0 Å². The normalized spacial score (nSPS) is 18.2. The second-order valence-electron chi connectivity index (χ2n) is 7.78. The predicted molar refractivity (Wildman–Crippen MR) is 99.6 cm³/mol. The van der Waals surface area contributed by atoms with Crippen molar-refractivity contribution in [3.8, 4) is 0 Å². The Kier molecular flexibility index (Phi) is 4.20. The Morgan fingerprint density at radius 1 is 0.957 bits per heavy atom. The molecule has 0 amide bonds. The van der Waals surface area contributed by atoms with Gasteiger partial charge in [0, 0.05) is 24.0 Å². The molecule has 0 spiro atoms. The molecule has 1 aliphatic heterocycles. The lowest BCUT2D eigenvalue weighted by molar-refractivity contribution is 0.281. The maximum atomic E-state index is 2.46. The molecule has 0 bridgehead atoms. The Labute approximate surface area is 140 Å². The Morgan fingerprint density at radius 3 is 2.22 bits per heavy atom. The fourth-order valence-corrected chi connectivity index (χ4v) is 3.49. The lowest BCUT2D eigenvalue weighted by Gasteiger charge is -2.38. The van der Waals surface area contributed by atoms with Crippen LogP contribution in [0.3, 0.4) is 0 Å². The van der Waals surface area contributed by atoms with Crippen molar-refractivity contribution < 1.29 is 0 Å². The average molecular weight is 308 g/mol. The van der Waals surface area contributed by atoms with Crippen molar-refractivity contribution >= 4 is 11.4 Å². The summed E-state index contributed by atoms with van der Waals surface area (Å²) in [5, 5.41) is 0. The van der Waals surface area contributed by atoms with Gasteiger partial charge in [0.25, 0.3) is 0 Å². The summed E-state index contributed by atoms with van der Waals surface area (Å²) in [6, 6.07) is 18.4. The largest absolute Gasteiger partial charge is 0.341 e. The van der Waals surface area contributed by atoms with E-state index in [1.54, 1.807) is 0 Å². The molecule has 0 aliphatic carbocycles. The van der Waals surface area contributed by atoms with Gasteiger partial charge in [-0.1, -0.05) is 51.1 Å². The maximum absolute atomic E-state index is 2.46. The van der Waals surface area contributed by atoms with Gasteiger partial charge >= 0.3 is 0 Å². The van der Waals surface area contributed by atoms with Gasteiger partial charge in [-0.05, 0) is 55.3 Å². The first-order valence-corrected chi connectivity index (χ1v) is 8.51. The monoisotopic (exact) mass is 308 g/mol. The van der Waals surface area contributed by atoms with Crippen molar-refractivity contribution in [3.05, 3.63) is 59.7 Å². The number of para-hydroxylation sites is 1. The molecule has 1 aliphatic rings. The van der Waals surface area contributed by atoms with Crippen LogP contribution in [0, 0.1) is 0 Å². The van der Waals surface area contributed by atoms with Crippen LogP contribution in [0.4, 0.5) is 11.4 Å². The Morgan fingerprint density at radius 2 is 1.61 bits per heavy atom. The minimum absolute atomic E-state index is 0.203. The molecule has 23 heavy (non-hydrogen) atoms. The number of hydrogen-bond donors (Lipinski definition) is 0. The van der Waals surface area contributed by atoms with Gasteiger partial charge in [-0.15, -0.1) is 0 Å². The van der Waals surface area contributed by atoms with Crippen LogP contribution in [0.1, 0.15) is 44.4 Å². The van der Waals surface area contributed by atoms with Gasteiger partial charge < -0.3 is 9.80 Å². The van der Waals surface area contributed by atoms with Crippen LogP contribution in [0.15, 0.2) is 48.5 Å². The van der Waals surface area contributed by atoms with Crippen molar-refractivity contribution in [2.45, 2.75) is 38.6 Å². The quantitative estimate of drug-likeness (QED) is 0.759. The topological polar surface area (TPSA) is 6.48 Å². The molecule has 122 valence electrons. The van der Waals surface area contributed by atoms with Gasteiger partial charge in [0.05, 0.1) is 0 Å². The van der Waals surface area contributed by atoms with Gasteiger partial charge in [0.15, 0.2) is 0 Å². The summed E-state index contributed by atoms with van der Waals surface area (Å²) in [5.41, 5.74) is 5.67. The molecule has 2 aromatic rings. The molecule has 0 saturated carbocycles. The Balaban J connectivity index is 1.96. The molecule has 1 unspecified atom stereocenters. The van der Waals surface area contributed by atoms with Crippen LogP contribution in [-0.2, 0) is 5.41 Å². The first-order valence-electron chi connectivity index (χ1n) is 8.51. The van der Waals surface area contributed by atoms with E-state index in [0.29, 0.717) is 6.04 Å². The molecule has 2 heteroatoms. The summed E-state index contributed by atoms with van der Waals surface area (Å²) in [4.78, 5) is 4.79. The fraction of sp³-hybridized carbons (Fsp3) is 0.429. The summed E-state index contributed by atoms with van der Waals surface area (Å²) in [6.07, 6.45) is 1.16. The number of rotatable bonds is 2. The van der Waals surface area contributed by atoms with Crippen LogP contribution >= 0.6 is 0 Å². The molecule has 1 heterocycles. The molecule has 3 rings (SSSR count). The summed E-state index contributed by atoms with van der Waals surface area (Å²) in [7, 11) is 4.35. The third kappa shape index (κ3) is 3.13. The highest BCUT2D eigenvalue weighted by Crippen LogP contribution is 2.40. The lowest BCUT2D eigenvalue weighted by atomic mass is 9.87. The second-order valence-corrected chi connectivity index (χ2v) is 7.78. The molecule has 0 N–H and O–H groups in total. The molecular weight excluding hydrogens is 280 g/mol.